The van der Waals surface area contributed by atoms with Crippen LogP contribution in [0.15, 0.2) is 24.3 Å². The van der Waals surface area contributed by atoms with Crippen LogP contribution in [-0.4, -0.2) is 6.54 Å². The molecule has 0 amide bonds. The van der Waals surface area contributed by atoms with E-state index >= 15 is 0 Å². The molecule has 0 fully saturated rings. The first-order valence-electron chi connectivity index (χ1n) is 4.46. The number of hydrogen-bond acceptors (Lipinski definition) is 1. The van der Waals surface area contributed by atoms with Gasteiger partial charge in [0.1, 0.15) is 0 Å². The van der Waals surface area contributed by atoms with Gasteiger partial charge in [-0.2, -0.15) is 0 Å². The normalized spacial score (nSPS) is 18.8. The van der Waals surface area contributed by atoms with Crippen molar-refractivity contribution in [3.63, 3.8) is 0 Å². The molecule has 1 aliphatic carbocycles. The van der Waals surface area contributed by atoms with Crippen molar-refractivity contribution in [2.45, 2.75) is 13.0 Å². The van der Waals surface area contributed by atoms with Crippen molar-refractivity contribution >= 4 is 5.57 Å². The van der Waals surface area contributed by atoms with Crippen molar-refractivity contribution in [2.24, 2.45) is 0 Å². The lowest BCUT2D eigenvalue weighted by Crippen LogP contribution is -2.22. The van der Waals surface area contributed by atoms with E-state index in [1.807, 2.05) is 0 Å². The molecule has 1 N–H and O–H groups in total. The number of rotatable bonds is 0. The summed E-state index contributed by atoms with van der Waals surface area (Å²) in [4.78, 5) is 0. The van der Waals surface area contributed by atoms with Crippen molar-refractivity contribution in [1.82, 2.24) is 5.32 Å². The summed E-state index contributed by atoms with van der Waals surface area (Å²) in [7, 11) is 0. The summed E-state index contributed by atoms with van der Waals surface area (Å²) in [6.45, 7) is 2.10. The van der Waals surface area contributed by atoms with Crippen LogP contribution in [0.4, 0.5) is 0 Å². The van der Waals surface area contributed by atoms with E-state index in [9.17, 15) is 0 Å². The predicted octanol–water partition coefficient (Wildman–Crippen LogP) is 1.73. The minimum absolute atomic E-state index is 1.04. The first-order chi connectivity index (χ1) is 5.95. The lowest BCUT2D eigenvalue weighted by molar-refractivity contribution is 0.745. The second-order valence-electron chi connectivity index (χ2n) is 3.49. The highest BCUT2D eigenvalue weighted by atomic mass is 14.9. The molecule has 0 saturated carbocycles. The Morgan fingerprint density at radius 1 is 1.08 bits per heavy atom. The maximum atomic E-state index is 3.41. The zero-order valence-corrected chi connectivity index (χ0v) is 6.93. The van der Waals surface area contributed by atoms with Crippen LogP contribution in [0.5, 0.6) is 0 Å². The smallest absolute Gasteiger partial charge is 0.0214 e. The lowest BCUT2D eigenvalue weighted by Gasteiger charge is -2.18. The fourth-order valence-corrected chi connectivity index (χ4v) is 2.21. The summed E-state index contributed by atoms with van der Waals surface area (Å²) in [6.07, 6.45) is 3.49. The van der Waals surface area contributed by atoms with Gasteiger partial charge in [-0.25, -0.2) is 0 Å². The first-order valence-corrected chi connectivity index (χ1v) is 4.46. The number of nitrogens with one attached hydrogen (secondary N) is 1. The summed E-state index contributed by atoms with van der Waals surface area (Å²) in [5.74, 6) is 0. The Morgan fingerprint density at radius 3 is 3.00 bits per heavy atom. The minimum Gasteiger partial charge on any atom is -0.309 e. The molecule has 0 atom stereocenters. The van der Waals surface area contributed by atoms with E-state index in [2.05, 4.69) is 29.6 Å². The summed E-state index contributed by atoms with van der Waals surface area (Å²) in [5, 5.41) is 3.41. The number of hydrogen-bond donors (Lipinski definition) is 1. The van der Waals surface area contributed by atoms with Gasteiger partial charge in [-0.15, -0.1) is 0 Å². The van der Waals surface area contributed by atoms with Crippen LogP contribution in [0.2, 0.25) is 0 Å². The Labute approximate surface area is 72.1 Å². The molecule has 1 aromatic rings. The van der Waals surface area contributed by atoms with Crippen LogP contribution in [-0.2, 0) is 13.0 Å². The van der Waals surface area contributed by atoms with E-state index in [0.29, 0.717) is 0 Å². The Balaban J connectivity index is 2.31. The van der Waals surface area contributed by atoms with Crippen molar-refractivity contribution in [3.05, 3.63) is 41.0 Å². The molecule has 0 spiro atoms. The van der Waals surface area contributed by atoms with E-state index in [4.69, 9.17) is 0 Å². The van der Waals surface area contributed by atoms with Crippen LogP contribution < -0.4 is 5.32 Å². The van der Waals surface area contributed by atoms with E-state index in [1.165, 1.54) is 22.3 Å². The Morgan fingerprint density at radius 2 is 2.00 bits per heavy atom. The van der Waals surface area contributed by atoms with Gasteiger partial charge < -0.3 is 5.32 Å². The summed E-state index contributed by atoms with van der Waals surface area (Å²) in [6, 6.07) is 6.63. The van der Waals surface area contributed by atoms with Crippen LogP contribution in [0.3, 0.4) is 0 Å². The number of benzene rings is 1. The zero-order chi connectivity index (χ0) is 7.97. The van der Waals surface area contributed by atoms with Crippen molar-refractivity contribution < 1.29 is 0 Å². The molecule has 12 heavy (non-hydrogen) atoms. The molecule has 1 nitrogen and oxygen atoms in total. The summed E-state index contributed by atoms with van der Waals surface area (Å²) in [5.41, 5.74) is 6.04. The van der Waals surface area contributed by atoms with Crippen molar-refractivity contribution in [1.29, 1.82) is 0 Å². The highest BCUT2D eigenvalue weighted by Gasteiger charge is 2.19. The molecular weight excluding hydrogens is 146 g/mol. The molecule has 2 aliphatic rings. The van der Waals surface area contributed by atoms with E-state index in [-0.39, 0.29) is 0 Å². The Bertz CT molecular complexity index is 363. The van der Waals surface area contributed by atoms with Gasteiger partial charge in [-0.3, -0.25) is 0 Å². The SMILES string of the molecule is C1=C2CNCc3cccc(c32)C1. The first kappa shape index (κ1) is 6.44. The van der Waals surface area contributed by atoms with Crippen molar-refractivity contribution in [2.75, 3.05) is 6.54 Å². The lowest BCUT2D eigenvalue weighted by atomic mass is 9.96. The second-order valence-corrected chi connectivity index (χ2v) is 3.49. The fraction of sp³-hybridized carbons (Fsp3) is 0.273. The highest BCUT2D eigenvalue weighted by molar-refractivity contribution is 5.77. The average molecular weight is 157 g/mol. The largest absolute Gasteiger partial charge is 0.309 e. The standard InChI is InChI=1S/C11H11N/c1-2-8-4-5-10-7-12-6-9(3-1)11(8)10/h1-3,5,12H,4,6-7H2. The van der Waals surface area contributed by atoms with Gasteiger partial charge in [0.05, 0.1) is 0 Å². The van der Waals surface area contributed by atoms with Gasteiger partial charge in [-0.05, 0) is 28.7 Å². The molecule has 0 bridgehead atoms. The van der Waals surface area contributed by atoms with E-state index in [0.717, 1.165) is 19.5 Å². The van der Waals surface area contributed by atoms with E-state index < -0.39 is 0 Å². The monoisotopic (exact) mass is 157 g/mol. The van der Waals surface area contributed by atoms with Crippen molar-refractivity contribution in [3.8, 4) is 0 Å². The van der Waals surface area contributed by atoms with Gasteiger partial charge in [-0.1, -0.05) is 24.3 Å². The van der Waals surface area contributed by atoms with Gasteiger partial charge in [0.25, 0.3) is 0 Å². The van der Waals surface area contributed by atoms with Crippen LogP contribution in [0.1, 0.15) is 16.7 Å². The molecule has 60 valence electrons. The number of allylic oxidation sites excluding steroid dienone is 1. The zero-order valence-electron chi connectivity index (χ0n) is 6.93. The van der Waals surface area contributed by atoms with Crippen LogP contribution in [0, 0.1) is 0 Å². The molecule has 0 unspecified atom stereocenters. The Kier molecular flexibility index (Phi) is 1.18. The highest BCUT2D eigenvalue weighted by Crippen LogP contribution is 2.32. The van der Waals surface area contributed by atoms with Crippen LogP contribution in [0.25, 0.3) is 5.57 Å². The molecule has 0 aromatic heterocycles. The molecule has 0 saturated heterocycles. The predicted molar refractivity (Wildman–Crippen MR) is 49.8 cm³/mol. The maximum Gasteiger partial charge on any atom is 0.0214 e. The molecule has 3 rings (SSSR count). The fourth-order valence-electron chi connectivity index (χ4n) is 2.21. The summed E-state index contributed by atoms with van der Waals surface area (Å²) < 4.78 is 0. The van der Waals surface area contributed by atoms with Gasteiger partial charge in [0.2, 0.25) is 0 Å². The molecule has 1 aliphatic heterocycles. The van der Waals surface area contributed by atoms with Gasteiger partial charge in [0, 0.05) is 13.1 Å². The topological polar surface area (TPSA) is 12.0 Å². The third-order valence-electron chi connectivity index (χ3n) is 2.76. The summed E-state index contributed by atoms with van der Waals surface area (Å²) >= 11 is 0. The quantitative estimate of drug-likeness (QED) is 0.604. The minimum atomic E-state index is 1.04. The van der Waals surface area contributed by atoms with Gasteiger partial charge in [0.15, 0.2) is 0 Å². The molecule has 1 heterocycles. The van der Waals surface area contributed by atoms with E-state index in [1.54, 1.807) is 0 Å². The molecular formula is C11H11N. The van der Waals surface area contributed by atoms with Gasteiger partial charge >= 0.3 is 0 Å². The maximum absolute atomic E-state index is 3.41. The average Bonchev–Trinajstić information content (AvgIpc) is 2.52. The second kappa shape index (κ2) is 2.20. The molecule has 0 radical (unpaired) electrons. The van der Waals surface area contributed by atoms with Crippen LogP contribution >= 0.6 is 0 Å². The molecule has 1 heteroatoms. The Hall–Kier alpha value is -1.08. The molecule has 1 aromatic carbocycles. The third-order valence-corrected chi connectivity index (χ3v) is 2.76. The third kappa shape index (κ3) is 0.718.